The van der Waals surface area contributed by atoms with Gasteiger partial charge < -0.3 is 9.80 Å². The molecule has 0 bridgehead atoms. The summed E-state index contributed by atoms with van der Waals surface area (Å²) in [6.45, 7) is 27.2. The van der Waals surface area contributed by atoms with Crippen molar-refractivity contribution in [2.45, 2.75) is 93.9 Å². The largest absolute Gasteiger partial charge is 0.310 e. The number of benzene rings is 9. The molecule has 0 N–H and O–H groups in total. The minimum absolute atomic E-state index is 0.0356. The Morgan fingerprint density at radius 2 is 0.621 bits per heavy atom. The van der Waals surface area contributed by atoms with E-state index < -0.39 is 0 Å². The number of rotatable bonds is 8. The van der Waals surface area contributed by atoms with E-state index in [1.165, 1.54) is 99.7 Å². The minimum Gasteiger partial charge on any atom is -0.310 e. The van der Waals surface area contributed by atoms with Gasteiger partial charge in [-0.1, -0.05) is 168 Å². The second kappa shape index (κ2) is 17.1. The molecule has 0 unspecified atom stereocenters. The van der Waals surface area contributed by atoms with Crippen LogP contribution < -0.4 is 9.80 Å². The zero-order valence-corrected chi connectivity index (χ0v) is 41.1. The molecule has 66 heavy (non-hydrogen) atoms. The van der Waals surface area contributed by atoms with Crippen LogP contribution in [0.1, 0.15) is 86.1 Å². The molecular formula is C64H64N2. The lowest BCUT2D eigenvalue weighted by molar-refractivity contribution is 0.589. The van der Waals surface area contributed by atoms with Gasteiger partial charge in [0.05, 0.1) is 11.4 Å². The minimum atomic E-state index is 0.0356. The number of anilines is 6. The van der Waals surface area contributed by atoms with Gasteiger partial charge in [0, 0.05) is 22.7 Å². The summed E-state index contributed by atoms with van der Waals surface area (Å²) in [4.78, 5) is 4.89. The first-order valence-corrected chi connectivity index (χ1v) is 23.6. The van der Waals surface area contributed by atoms with Crippen molar-refractivity contribution in [1.82, 2.24) is 0 Å². The SMILES string of the molecule is Cc1ccc(N(c2ccc(N(c3ccc(-c4ccc(-c5ccc(C)c6ccccc56)c5ccccc45)cc3)c3c(C)cc(C(C)(C)C)cc3C)cc2)c2c(C)cc(C(C)(C)C)cc2C)cc1. The number of nitrogens with zero attached hydrogens (tertiary/aromatic N) is 2. The van der Waals surface area contributed by atoms with Crippen LogP contribution in [0.25, 0.3) is 43.8 Å². The summed E-state index contributed by atoms with van der Waals surface area (Å²) in [5.41, 5.74) is 22.3. The molecule has 2 nitrogen and oxygen atoms in total. The summed E-state index contributed by atoms with van der Waals surface area (Å²) in [5.74, 6) is 0. The van der Waals surface area contributed by atoms with Crippen LogP contribution in [0.5, 0.6) is 0 Å². The monoisotopic (exact) mass is 861 g/mol. The van der Waals surface area contributed by atoms with Crippen LogP contribution in [-0.2, 0) is 10.8 Å². The van der Waals surface area contributed by atoms with Crippen LogP contribution in [0.2, 0.25) is 0 Å². The lowest BCUT2D eigenvalue weighted by Crippen LogP contribution is -2.17. The summed E-state index contributed by atoms with van der Waals surface area (Å²) in [6, 6.07) is 63.7. The fourth-order valence-corrected chi connectivity index (χ4v) is 10.0. The van der Waals surface area contributed by atoms with E-state index in [4.69, 9.17) is 0 Å². The molecular weight excluding hydrogens is 797 g/mol. The molecule has 0 aliphatic heterocycles. The molecule has 0 heterocycles. The van der Waals surface area contributed by atoms with Gasteiger partial charge in [-0.25, -0.2) is 0 Å². The molecule has 0 saturated carbocycles. The highest BCUT2D eigenvalue weighted by atomic mass is 15.2. The number of hydrogen-bond acceptors (Lipinski definition) is 2. The fraction of sp³-hybridized carbons (Fsp3) is 0.219. The highest BCUT2D eigenvalue weighted by Crippen LogP contribution is 2.46. The first kappa shape index (κ1) is 44.3. The van der Waals surface area contributed by atoms with Crippen molar-refractivity contribution >= 4 is 55.7 Å². The van der Waals surface area contributed by atoms with Crippen LogP contribution >= 0.6 is 0 Å². The Bertz CT molecular complexity index is 3200. The van der Waals surface area contributed by atoms with E-state index in [0.717, 1.165) is 22.7 Å². The molecule has 9 aromatic carbocycles. The standard InChI is InChI=1S/C64H64N2/c1-41-21-26-50(27-22-41)65(61-43(3)37-48(38-44(61)4)63(7,8)9)52-30-32-53(33-31-52)66(62-45(5)39-49(40-46(62)6)64(10,11)12)51-28-24-47(25-29-51)55-35-36-60(58-20-16-15-19-57(55)58)59-34-23-42(2)54-17-13-14-18-56(54)59/h13-40H,1-12H3. The number of aryl methyl sites for hydroxylation is 6. The van der Waals surface area contributed by atoms with Crippen molar-refractivity contribution in [3.63, 3.8) is 0 Å². The zero-order chi connectivity index (χ0) is 46.7. The summed E-state index contributed by atoms with van der Waals surface area (Å²) >= 11 is 0. The second-order valence-corrected chi connectivity index (χ2v) is 20.7. The van der Waals surface area contributed by atoms with E-state index in [9.17, 15) is 0 Å². The molecule has 0 radical (unpaired) electrons. The van der Waals surface area contributed by atoms with Crippen LogP contribution in [0.4, 0.5) is 34.1 Å². The van der Waals surface area contributed by atoms with Crippen LogP contribution in [-0.4, -0.2) is 0 Å². The van der Waals surface area contributed by atoms with Gasteiger partial charge in [0.25, 0.3) is 0 Å². The van der Waals surface area contributed by atoms with E-state index in [2.05, 4.69) is 263 Å². The highest BCUT2D eigenvalue weighted by molar-refractivity contribution is 6.10. The molecule has 0 aliphatic carbocycles. The quantitative estimate of drug-likeness (QED) is 0.150. The van der Waals surface area contributed by atoms with E-state index in [-0.39, 0.29) is 10.8 Å². The maximum absolute atomic E-state index is 2.46. The Morgan fingerprint density at radius 1 is 0.303 bits per heavy atom. The predicted molar refractivity (Wildman–Crippen MR) is 288 cm³/mol. The maximum atomic E-state index is 2.46. The first-order chi connectivity index (χ1) is 31.5. The molecule has 9 rings (SSSR count). The molecule has 0 spiro atoms. The first-order valence-electron chi connectivity index (χ1n) is 23.6. The topological polar surface area (TPSA) is 6.48 Å². The average molecular weight is 861 g/mol. The molecule has 0 aromatic heterocycles. The van der Waals surface area contributed by atoms with Crippen molar-refractivity contribution in [3.8, 4) is 22.3 Å². The second-order valence-electron chi connectivity index (χ2n) is 20.7. The third-order valence-corrected chi connectivity index (χ3v) is 13.6. The van der Waals surface area contributed by atoms with Crippen molar-refractivity contribution in [1.29, 1.82) is 0 Å². The third kappa shape index (κ3) is 8.30. The van der Waals surface area contributed by atoms with Gasteiger partial charge in [0.1, 0.15) is 0 Å². The Labute approximate surface area is 394 Å². The maximum Gasteiger partial charge on any atom is 0.0520 e. The Morgan fingerprint density at radius 3 is 1.03 bits per heavy atom. The van der Waals surface area contributed by atoms with Gasteiger partial charge in [-0.3, -0.25) is 0 Å². The summed E-state index contributed by atoms with van der Waals surface area (Å²) in [6.07, 6.45) is 0. The van der Waals surface area contributed by atoms with Crippen LogP contribution in [0.3, 0.4) is 0 Å². The molecule has 330 valence electrons. The van der Waals surface area contributed by atoms with Crippen molar-refractivity contribution in [2.24, 2.45) is 0 Å². The smallest absolute Gasteiger partial charge is 0.0520 e. The van der Waals surface area contributed by atoms with E-state index in [1.807, 2.05) is 0 Å². The average Bonchev–Trinajstić information content (AvgIpc) is 3.29. The van der Waals surface area contributed by atoms with Crippen molar-refractivity contribution in [3.05, 3.63) is 214 Å². The van der Waals surface area contributed by atoms with Crippen LogP contribution in [0.15, 0.2) is 170 Å². The zero-order valence-electron chi connectivity index (χ0n) is 41.1. The van der Waals surface area contributed by atoms with Gasteiger partial charge in [0.15, 0.2) is 0 Å². The molecule has 0 fully saturated rings. The molecule has 0 aliphatic rings. The van der Waals surface area contributed by atoms with Gasteiger partial charge >= 0.3 is 0 Å². The Balaban J connectivity index is 1.16. The molecule has 0 saturated heterocycles. The number of hydrogen-bond donors (Lipinski definition) is 0. The van der Waals surface area contributed by atoms with Gasteiger partial charge in [-0.05, 0) is 184 Å². The molecule has 9 aromatic rings. The predicted octanol–water partition coefficient (Wildman–Crippen LogP) is 18.7. The fourth-order valence-electron chi connectivity index (χ4n) is 10.0. The lowest BCUT2D eigenvalue weighted by atomic mass is 9.84. The summed E-state index contributed by atoms with van der Waals surface area (Å²) in [7, 11) is 0. The van der Waals surface area contributed by atoms with Gasteiger partial charge in [-0.15, -0.1) is 0 Å². The van der Waals surface area contributed by atoms with E-state index in [1.54, 1.807) is 0 Å². The molecule has 0 atom stereocenters. The van der Waals surface area contributed by atoms with Crippen LogP contribution in [0, 0.1) is 41.5 Å². The van der Waals surface area contributed by atoms with E-state index in [0.29, 0.717) is 0 Å². The number of fused-ring (bicyclic) bond motifs is 2. The summed E-state index contributed by atoms with van der Waals surface area (Å²) in [5, 5.41) is 5.10. The third-order valence-electron chi connectivity index (χ3n) is 13.6. The highest BCUT2D eigenvalue weighted by Gasteiger charge is 2.25. The molecule has 0 amide bonds. The lowest BCUT2D eigenvalue weighted by Gasteiger charge is -2.33. The van der Waals surface area contributed by atoms with Gasteiger partial charge in [0.2, 0.25) is 0 Å². The Hall–Kier alpha value is -6.90. The normalized spacial score (nSPS) is 11.9. The van der Waals surface area contributed by atoms with Crippen molar-refractivity contribution < 1.29 is 0 Å². The van der Waals surface area contributed by atoms with Gasteiger partial charge in [-0.2, -0.15) is 0 Å². The Kier molecular flexibility index (Phi) is 11.5. The van der Waals surface area contributed by atoms with Crippen molar-refractivity contribution in [2.75, 3.05) is 9.80 Å². The molecule has 2 heteroatoms. The van der Waals surface area contributed by atoms with E-state index >= 15 is 0 Å². The summed E-state index contributed by atoms with van der Waals surface area (Å²) < 4.78 is 0.